The summed E-state index contributed by atoms with van der Waals surface area (Å²) in [6.07, 6.45) is 3.84. The number of nitriles is 1. The molecule has 0 saturated heterocycles. The normalized spacial score (nSPS) is 14.6. The van der Waals surface area contributed by atoms with Crippen LogP contribution in [0, 0.1) is 23.1 Å². The molecule has 0 spiro atoms. The molecule has 1 aromatic carbocycles. The van der Waals surface area contributed by atoms with E-state index in [1.807, 2.05) is 18.0 Å². The Morgan fingerprint density at radius 2 is 2.25 bits per heavy atom. The van der Waals surface area contributed by atoms with Crippen LogP contribution in [0.4, 0.5) is 10.1 Å². The lowest BCUT2D eigenvalue weighted by Gasteiger charge is -2.20. The predicted octanol–water partition coefficient (Wildman–Crippen LogP) is 2.93. The molecule has 0 radical (unpaired) electrons. The molecule has 0 amide bonds. The maximum Gasteiger partial charge on any atom is 0.124 e. The zero-order chi connectivity index (χ0) is 11.5. The summed E-state index contributed by atoms with van der Waals surface area (Å²) in [7, 11) is 1.95. The maximum atomic E-state index is 13.0. The molecule has 1 saturated carbocycles. The zero-order valence-electron chi connectivity index (χ0n) is 9.41. The van der Waals surface area contributed by atoms with E-state index in [0.717, 1.165) is 18.2 Å². The van der Waals surface area contributed by atoms with Gasteiger partial charge >= 0.3 is 0 Å². The van der Waals surface area contributed by atoms with Crippen LogP contribution in [0.25, 0.3) is 0 Å². The topological polar surface area (TPSA) is 27.0 Å². The van der Waals surface area contributed by atoms with E-state index in [1.54, 1.807) is 6.07 Å². The molecule has 0 heterocycles. The third-order valence-electron chi connectivity index (χ3n) is 3.06. The Morgan fingerprint density at radius 1 is 1.50 bits per heavy atom. The first-order valence-electron chi connectivity index (χ1n) is 5.61. The molecule has 0 aromatic heterocycles. The van der Waals surface area contributed by atoms with Gasteiger partial charge in [-0.3, -0.25) is 0 Å². The van der Waals surface area contributed by atoms with Gasteiger partial charge in [-0.15, -0.1) is 0 Å². The fourth-order valence-corrected chi connectivity index (χ4v) is 1.83. The molecular weight excluding hydrogens is 203 g/mol. The highest BCUT2D eigenvalue weighted by molar-refractivity contribution is 5.58. The molecule has 0 atom stereocenters. The first-order chi connectivity index (χ1) is 7.70. The summed E-state index contributed by atoms with van der Waals surface area (Å²) in [4.78, 5) is 2.04. The number of nitrogens with zero attached hydrogens (tertiary/aromatic N) is 2. The second-order valence-electron chi connectivity index (χ2n) is 4.43. The monoisotopic (exact) mass is 218 g/mol. The Balaban J connectivity index is 2.08. The van der Waals surface area contributed by atoms with Crippen molar-refractivity contribution in [2.24, 2.45) is 5.92 Å². The highest BCUT2D eigenvalue weighted by Gasteiger charge is 2.21. The lowest BCUT2D eigenvalue weighted by molar-refractivity contribution is 0.626. The van der Waals surface area contributed by atoms with Gasteiger partial charge in [-0.2, -0.15) is 5.26 Å². The van der Waals surface area contributed by atoms with Crippen molar-refractivity contribution in [2.45, 2.75) is 19.3 Å². The van der Waals surface area contributed by atoms with Crippen LogP contribution in [0.3, 0.4) is 0 Å². The second kappa shape index (κ2) is 4.52. The van der Waals surface area contributed by atoms with Gasteiger partial charge in [0.25, 0.3) is 0 Å². The molecule has 0 unspecified atom stereocenters. The fraction of sp³-hybridized carbons (Fsp3) is 0.462. The van der Waals surface area contributed by atoms with E-state index in [4.69, 9.17) is 5.26 Å². The van der Waals surface area contributed by atoms with Crippen LogP contribution in [-0.2, 0) is 0 Å². The highest BCUT2D eigenvalue weighted by Crippen LogP contribution is 2.33. The standard InChI is InChI=1S/C13H15FN2/c1-16(7-6-10-2-3-10)13-5-4-12(14)8-11(13)9-15/h4-5,8,10H,2-3,6-7H2,1H3. The molecule has 0 N–H and O–H groups in total. The van der Waals surface area contributed by atoms with Crippen LogP contribution in [0.5, 0.6) is 0 Å². The van der Waals surface area contributed by atoms with E-state index in [0.29, 0.717) is 5.56 Å². The van der Waals surface area contributed by atoms with Gasteiger partial charge in [-0.25, -0.2) is 4.39 Å². The Kier molecular flexibility index (Phi) is 3.09. The zero-order valence-corrected chi connectivity index (χ0v) is 9.41. The van der Waals surface area contributed by atoms with Crippen molar-refractivity contribution in [3.05, 3.63) is 29.6 Å². The third kappa shape index (κ3) is 2.52. The summed E-state index contributed by atoms with van der Waals surface area (Å²) >= 11 is 0. The average molecular weight is 218 g/mol. The third-order valence-corrected chi connectivity index (χ3v) is 3.06. The minimum absolute atomic E-state index is 0.351. The van der Waals surface area contributed by atoms with Gasteiger partial charge in [0.15, 0.2) is 0 Å². The summed E-state index contributed by atoms with van der Waals surface area (Å²) in [6, 6.07) is 6.42. The summed E-state index contributed by atoms with van der Waals surface area (Å²) < 4.78 is 13.0. The van der Waals surface area contributed by atoms with Gasteiger partial charge in [-0.05, 0) is 30.5 Å². The van der Waals surface area contributed by atoms with Gasteiger partial charge < -0.3 is 4.90 Å². The summed E-state index contributed by atoms with van der Waals surface area (Å²) in [5, 5.41) is 8.94. The highest BCUT2D eigenvalue weighted by atomic mass is 19.1. The lowest BCUT2D eigenvalue weighted by atomic mass is 10.1. The Bertz CT molecular complexity index is 418. The van der Waals surface area contributed by atoms with Crippen molar-refractivity contribution in [2.75, 3.05) is 18.5 Å². The molecule has 3 heteroatoms. The van der Waals surface area contributed by atoms with Crippen LogP contribution in [-0.4, -0.2) is 13.6 Å². The number of anilines is 1. The van der Waals surface area contributed by atoms with Gasteiger partial charge in [0.05, 0.1) is 11.3 Å². The van der Waals surface area contributed by atoms with Gasteiger partial charge in [0.1, 0.15) is 11.9 Å². The van der Waals surface area contributed by atoms with Crippen molar-refractivity contribution >= 4 is 5.69 Å². The van der Waals surface area contributed by atoms with Crippen molar-refractivity contribution in [1.82, 2.24) is 0 Å². The van der Waals surface area contributed by atoms with Crippen LogP contribution in [0.1, 0.15) is 24.8 Å². The molecule has 16 heavy (non-hydrogen) atoms. The smallest absolute Gasteiger partial charge is 0.124 e. The number of hydrogen-bond acceptors (Lipinski definition) is 2. The van der Waals surface area contributed by atoms with Crippen LogP contribution < -0.4 is 4.90 Å². The van der Waals surface area contributed by atoms with Crippen LogP contribution in [0.2, 0.25) is 0 Å². The lowest BCUT2D eigenvalue weighted by Crippen LogP contribution is -2.20. The van der Waals surface area contributed by atoms with Crippen LogP contribution in [0.15, 0.2) is 18.2 Å². The molecule has 0 bridgehead atoms. The van der Waals surface area contributed by atoms with Gasteiger partial charge in [0.2, 0.25) is 0 Å². The minimum atomic E-state index is -0.351. The van der Waals surface area contributed by atoms with Gasteiger partial charge in [0, 0.05) is 13.6 Å². The first kappa shape index (κ1) is 10.9. The molecule has 0 aliphatic heterocycles. The number of hydrogen-bond donors (Lipinski definition) is 0. The quantitative estimate of drug-likeness (QED) is 0.777. The summed E-state index contributed by atoms with van der Waals surface area (Å²) in [5.41, 5.74) is 1.24. The van der Waals surface area contributed by atoms with Crippen LogP contribution >= 0.6 is 0 Å². The van der Waals surface area contributed by atoms with E-state index < -0.39 is 0 Å². The predicted molar refractivity (Wildman–Crippen MR) is 61.7 cm³/mol. The Hall–Kier alpha value is -1.56. The van der Waals surface area contributed by atoms with E-state index in [9.17, 15) is 4.39 Å². The van der Waals surface area contributed by atoms with Crippen molar-refractivity contribution in [3.63, 3.8) is 0 Å². The minimum Gasteiger partial charge on any atom is -0.374 e. The van der Waals surface area contributed by atoms with E-state index in [-0.39, 0.29) is 5.82 Å². The first-order valence-corrected chi connectivity index (χ1v) is 5.61. The molecule has 1 aliphatic carbocycles. The fourth-order valence-electron chi connectivity index (χ4n) is 1.83. The second-order valence-corrected chi connectivity index (χ2v) is 4.43. The molecule has 2 nitrogen and oxygen atoms in total. The van der Waals surface area contributed by atoms with Gasteiger partial charge in [-0.1, -0.05) is 12.8 Å². The van der Waals surface area contributed by atoms with E-state index >= 15 is 0 Å². The molecule has 84 valence electrons. The molecule has 1 aliphatic rings. The summed E-state index contributed by atoms with van der Waals surface area (Å²) in [5.74, 6) is 0.518. The van der Waals surface area contributed by atoms with Crippen molar-refractivity contribution in [3.8, 4) is 6.07 Å². The maximum absolute atomic E-state index is 13.0. The average Bonchev–Trinajstić information content (AvgIpc) is 3.09. The Labute approximate surface area is 95.3 Å². The number of benzene rings is 1. The van der Waals surface area contributed by atoms with Crippen molar-refractivity contribution in [1.29, 1.82) is 5.26 Å². The molecule has 2 rings (SSSR count). The number of halogens is 1. The number of rotatable bonds is 4. The molecular formula is C13H15FN2. The Morgan fingerprint density at radius 3 is 2.88 bits per heavy atom. The molecule has 1 aromatic rings. The van der Waals surface area contributed by atoms with E-state index in [1.165, 1.54) is 31.4 Å². The van der Waals surface area contributed by atoms with Crippen molar-refractivity contribution < 1.29 is 4.39 Å². The molecule has 1 fully saturated rings. The SMILES string of the molecule is CN(CCC1CC1)c1ccc(F)cc1C#N. The largest absolute Gasteiger partial charge is 0.374 e. The van der Waals surface area contributed by atoms with E-state index in [2.05, 4.69) is 0 Å². The summed E-state index contributed by atoms with van der Waals surface area (Å²) in [6.45, 7) is 0.935.